The van der Waals surface area contributed by atoms with Gasteiger partial charge < -0.3 is 14.7 Å². The van der Waals surface area contributed by atoms with Gasteiger partial charge in [-0.05, 0) is 19.9 Å². The molecule has 5 heteroatoms. The van der Waals surface area contributed by atoms with Crippen LogP contribution in [0.2, 0.25) is 5.02 Å². The topological polar surface area (TPSA) is 45.6 Å². The molecule has 0 saturated carbocycles. The molecule has 2 rings (SSSR count). The van der Waals surface area contributed by atoms with Crippen molar-refractivity contribution in [3.05, 3.63) is 22.8 Å². The minimum atomic E-state index is -0.0657. The minimum Gasteiger partial charge on any atom is -0.392 e. The van der Waals surface area contributed by atoms with E-state index in [-0.39, 0.29) is 18.8 Å². The van der Waals surface area contributed by atoms with Gasteiger partial charge in [0.15, 0.2) is 0 Å². The molecule has 0 radical (unpaired) electrons. The Balaban J connectivity index is 2.21. The summed E-state index contributed by atoms with van der Waals surface area (Å²) in [5.74, 6) is 0.848. The van der Waals surface area contributed by atoms with E-state index in [0.717, 1.165) is 18.9 Å². The summed E-state index contributed by atoms with van der Waals surface area (Å²) in [5.41, 5.74) is 0.712. The first kappa shape index (κ1) is 12.6. The lowest BCUT2D eigenvalue weighted by molar-refractivity contribution is -0.00546. The van der Waals surface area contributed by atoms with E-state index < -0.39 is 0 Å². The SMILES string of the molecule is C[C@@H]1CN(c2cc(CO)c(Cl)cn2)C[C@H](C)O1. The fraction of sp³-hybridized carbons (Fsp3) is 0.583. The van der Waals surface area contributed by atoms with Gasteiger partial charge in [-0.25, -0.2) is 4.98 Å². The van der Waals surface area contributed by atoms with Gasteiger partial charge in [-0.15, -0.1) is 0 Å². The molecule has 0 amide bonds. The Bertz CT molecular complexity index is 390. The van der Waals surface area contributed by atoms with Gasteiger partial charge in [-0.2, -0.15) is 0 Å². The van der Waals surface area contributed by atoms with E-state index >= 15 is 0 Å². The highest BCUT2D eigenvalue weighted by atomic mass is 35.5. The molecule has 4 nitrogen and oxygen atoms in total. The van der Waals surface area contributed by atoms with Crippen molar-refractivity contribution in [3.8, 4) is 0 Å². The molecule has 1 fully saturated rings. The number of anilines is 1. The van der Waals surface area contributed by atoms with Crippen LogP contribution in [0.1, 0.15) is 19.4 Å². The van der Waals surface area contributed by atoms with Gasteiger partial charge in [0, 0.05) is 24.8 Å². The summed E-state index contributed by atoms with van der Waals surface area (Å²) in [7, 11) is 0. The van der Waals surface area contributed by atoms with Gasteiger partial charge in [0.2, 0.25) is 0 Å². The second-order valence-corrected chi connectivity index (χ2v) is 4.86. The molecule has 0 bridgehead atoms. The van der Waals surface area contributed by atoms with E-state index in [9.17, 15) is 5.11 Å². The summed E-state index contributed by atoms with van der Waals surface area (Å²) < 4.78 is 5.67. The highest BCUT2D eigenvalue weighted by Crippen LogP contribution is 2.23. The largest absolute Gasteiger partial charge is 0.392 e. The molecule has 0 spiro atoms. The predicted octanol–water partition coefficient (Wildman–Crippen LogP) is 1.84. The summed E-state index contributed by atoms with van der Waals surface area (Å²) >= 11 is 5.93. The third kappa shape index (κ3) is 2.89. The fourth-order valence-corrected chi connectivity index (χ4v) is 2.29. The quantitative estimate of drug-likeness (QED) is 0.877. The molecule has 0 aliphatic carbocycles. The average molecular weight is 257 g/mol. The molecular weight excluding hydrogens is 240 g/mol. The highest BCUT2D eigenvalue weighted by Gasteiger charge is 2.23. The van der Waals surface area contributed by atoms with Gasteiger partial charge in [-0.3, -0.25) is 0 Å². The van der Waals surface area contributed by atoms with Crippen LogP contribution in [0.3, 0.4) is 0 Å². The first-order valence-corrected chi connectivity index (χ1v) is 6.13. The number of hydrogen-bond donors (Lipinski definition) is 1. The summed E-state index contributed by atoms with van der Waals surface area (Å²) in [5, 5.41) is 9.69. The van der Waals surface area contributed by atoms with Gasteiger partial charge in [-0.1, -0.05) is 11.6 Å². The summed E-state index contributed by atoms with van der Waals surface area (Å²) in [4.78, 5) is 6.47. The Kier molecular flexibility index (Phi) is 3.86. The van der Waals surface area contributed by atoms with Gasteiger partial charge >= 0.3 is 0 Å². The Morgan fingerprint density at radius 3 is 2.71 bits per heavy atom. The maximum atomic E-state index is 9.19. The molecule has 2 heterocycles. The van der Waals surface area contributed by atoms with E-state index in [1.54, 1.807) is 6.20 Å². The number of aromatic nitrogens is 1. The molecule has 1 saturated heterocycles. The van der Waals surface area contributed by atoms with Gasteiger partial charge in [0.25, 0.3) is 0 Å². The average Bonchev–Trinajstić information content (AvgIpc) is 2.28. The summed E-state index contributed by atoms with van der Waals surface area (Å²) in [6, 6.07) is 1.84. The Hall–Kier alpha value is -0.840. The lowest BCUT2D eigenvalue weighted by atomic mass is 10.2. The molecular formula is C12H17ClN2O2. The van der Waals surface area contributed by atoms with E-state index in [4.69, 9.17) is 16.3 Å². The number of morpholine rings is 1. The Morgan fingerprint density at radius 1 is 1.47 bits per heavy atom. The molecule has 1 aliphatic rings. The van der Waals surface area contributed by atoms with Crippen molar-refractivity contribution in [1.82, 2.24) is 4.98 Å². The zero-order valence-electron chi connectivity index (χ0n) is 10.1. The smallest absolute Gasteiger partial charge is 0.129 e. The van der Waals surface area contributed by atoms with Crippen LogP contribution in [0.25, 0.3) is 0 Å². The fourth-order valence-electron chi connectivity index (χ4n) is 2.13. The number of hydrogen-bond acceptors (Lipinski definition) is 4. The van der Waals surface area contributed by atoms with Gasteiger partial charge in [0.1, 0.15) is 5.82 Å². The van der Waals surface area contributed by atoms with Crippen molar-refractivity contribution in [2.24, 2.45) is 0 Å². The van der Waals surface area contributed by atoms with Crippen LogP contribution in [0, 0.1) is 0 Å². The maximum Gasteiger partial charge on any atom is 0.129 e. The molecule has 17 heavy (non-hydrogen) atoms. The first-order chi connectivity index (χ1) is 8.10. The van der Waals surface area contributed by atoms with Crippen LogP contribution in [0.5, 0.6) is 0 Å². The van der Waals surface area contributed by atoms with E-state index in [1.807, 2.05) is 19.9 Å². The third-order valence-corrected chi connectivity index (χ3v) is 3.17. The highest BCUT2D eigenvalue weighted by molar-refractivity contribution is 6.31. The van der Waals surface area contributed by atoms with Crippen LogP contribution in [0.15, 0.2) is 12.3 Å². The summed E-state index contributed by atoms with van der Waals surface area (Å²) in [6.07, 6.45) is 1.97. The lowest BCUT2D eigenvalue weighted by Gasteiger charge is -2.36. The van der Waals surface area contributed by atoms with Crippen LogP contribution in [-0.4, -0.2) is 35.4 Å². The zero-order valence-corrected chi connectivity index (χ0v) is 10.8. The van der Waals surface area contributed by atoms with E-state index in [2.05, 4.69) is 9.88 Å². The number of aliphatic hydroxyl groups excluding tert-OH is 1. The number of rotatable bonds is 2. The molecule has 2 atom stereocenters. The Morgan fingerprint density at radius 2 is 2.12 bits per heavy atom. The van der Waals surface area contributed by atoms with Crippen molar-refractivity contribution in [1.29, 1.82) is 0 Å². The molecule has 0 unspecified atom stereocenters. The van der Waals surface area contributed by atoms with Crippen molar-refractivity contribution in [3.63, 3.8) is 0 Å². The lowest BCUT2D eigenvalue weighted by Crippen LogP contribution is -2.45. The predicted molar refractivity (Wildman–Crippen MR) is 67.4 cm³/mol. The Labute approximate surface area is 106 Å². The molecule has 1 aromatic rings. The van der Waals surface area contributed by atoms with Crippen molar-refractivity contribution >= 4 is 17.4 Å². The minimum absolute atomic E-state index is 0.0657. The van der Waals surface area contributed by atoms with Crippen molar-refractivity contribution in [2.75, 3.05) is 18.0 Å². The molecule has 0 aromatic carbocycles. The number of ether oxygens (including phenoxy) is 1. The number of halogens is 1. The van der Waals surface area contributed by atoms with Crippen LogP contribution >= 0.6 is 11.6 Å². The zero-order chi connectivity index (χ0) is 12.4. The molecule has 1 aromatic heterocycles. The molecule has 1 aliphatic heterocycles. The third-order valence-electron chi connectivity index (χ3n) is 2.83. The first-order valence-electron chi connectivity index (χ1n) is 5.76. The maximum absolute atomic E-state index is 9.19. The monoisotopic (exact) mass is 256 g/mol. The second-order valence-electron chi connectivity index (χ2n) is 4.45. The van der Waals surface area contributed by atoms with Crippen LogP contribution < -0.4 is 4.90 Å². The number of nitrogens with zero attached hydrogens (tertiary/aromatic N) is 2. The normalized spacial score (nSPS) is 25.1. The van der Waals surface area contributed by atoms with Crippen molar-refractivity contribution < 1.29 is 9.84 Å². The van der Waals surface area contributed by atoms with Crippen LogP contribution in [-0.2, 0) is 11.3 Å². The molecule has 1 N–H and O–H groups in total. The summed E-state index contributed by atoms with van der Waals surface area (Å²) in [6.45, 7) is 5.65. The van der Waals surface area contributed by atoms with Crippen molar-refractivity contribution in [2.45, 2.75) is 32.7 Å². The standard InChI is InChI=1S/C12H17ClN2O2/c1-8-5-15(6-9(2)17-8)12-3-10(7-16)11(13)4-14-12/h3-4,8-9,16H,5-7H2,1-2H3/t8-,9+. The number of pyridine rings is 1. The van der Waals surface area contributed by atoms with E-state index in [1.165, 1.54) is 0 Å². The molecule has 94 valence electrons. The number of aliphatic hydroxyl groups is 1. The van der Waals surface area contributed by atoms with E-state index in [0.29, 0.717) is 10.6 Å². The second kappa shape index (κ2) is 5.21. The van der Waals surface area contributed by atoms with Crippen LogP contribution in [0.4, 0.5) is 5.82 Å². The van der Waals surface area contributed by atoms with Gasteiger partial charge in [0.05, 0.1) is 23.8 Å².